The molecule has 0 bridgehead atoms. The lowest BCUT2D eigenvalue weighted by molar-refractivity contribution is 0.0450. The maximum Gasteiger partial charge on any atom is 0.339 e. The van der Waals surface area contributed by atoms with E-state index in [2.05, 4.69) is 13.8 Å². The quantitative estimate of drug-likeness (QED) is 0.425. The summed E-state index contributed by atoms with van der Waals surface area (Å²) in [7, 11) is 0. The van der Waals surface area contributed by atoms with Gasteiger partial charge in [-0.05, 0) is 30.9 Å². The smallest absolute Gasteiger partial charge is 0.339 e. The number of aryl methyl sites for hydroxylation is 1. The second-order valence-electron chi connectivity index (χ2n) is 5.88. The van der Waals surface area contributed by atoms with Crippen LogP contribution in [0.15, 0.2) is 18.2 Å². The molecule has 134 valence electrons. The van der Waals surface area contributed by atoms with Gasteiger partial charge in [0.05, 0.1) is 24.3 Å². The highest BCUT2D eigenvalue weighted by Gasteiger charge is 2.22. The van der Waals surface area contributed by atoms with Crippen molar-refractivity contribution in [3.8, 4) is 0 Å². The fraction of sp³-hybridized carbons (Fsp3) is 0.600. The van der Waals surface area contributed by atoms with Crippen LogP contribution in [-0.4, -0.2) is 25.2 Å². The number of carbonyl (C=O) groups is 2. The van der Waals surface area contributed by atoms with E-state index in [1.165, 1.54) is 0 Å². The van der Waals surface area contributed by atoms with Gasteiger partial charge in [-0.1, -0.05) is 58.6 Å². The number of ether oxygens (including phenoxy) is 2. The second kappa shape index (κ2) is 11.7. The Kier molecular flexibility index (Phi) is 9.81. The molecule has 0 radical (unpaired) electrons. The minimum atomic E-state index is -0.443. The lowest BCUT2D eigenvalue weighted by Gasteiger charge is -2.13. The highest BCUT2D eigenvalue weighted by Crippen LogP contribution is 2.19. The summed E-state index contributed by atoms with van der Waals surface area (Å²) in [6.45, 7) is 6.92. The fourth-order valence-electron chi connectivity index (χ4n) is 2.49. The van der Waals surface area contributed by atoms with Gasteiger partial charge in [0.15, 0.2) is 0 Å². The third kappa shape index (κ3) is 6.34. The van der Waals surface area contributed by atoms with E-state index in [1.807, 2.05) is 13.0 Å². The molecule has 0 unspecified atom stereocenters. The van der Waals surface area contributed by atoms with Crippen molar-refractivity contribution < 1.29 is 19.1 Å². The molecule has 1 aromatic carbocycles. The van der Waals surface area contributed by atoms with Crippen molar-refractivity contribution in [1.29, 1.82) is 0 Å². The van der Waals surface area contributed by atoms with Gasteiger partial charge in [0.1, 0.15) is 0 Å². The van der Waals surface area contributed by atoms with Crippen LogP contribution in [0.1, 0.15) is 85.6 Å². The van der Waals surface area contributed by atoms with Gasteiger partial charge >= 0.3 is 11.9 Å². The molecule has 24 heavy (non-hydrogen) atoms. The Morgan fingerprint density at radius 1 is 0.833 bits per heavy atom. The van der Waals surface area contributed by atoms with Gasteiger partial charge < -0.3 is 9.47 Å². The summed E-state index contributed by atoms with van der Waals surface area (Å²) in [5.74, 6) is -0.869. The maximum absolute atomic E-state index is 12.5. The predicted molar refractivity (Wildman–Crippen MR) is 95.4 cm³/mol. The normalized spacial score (nSPS) is 10.5. The first-order chi connectivity index (χ1) is 11.7. The summed E-state index contributed by atoms with van der Waals surface area (Å²) in [5.41, 5.74) is 1.49. The average molecular weight is 334 g/mol. The van der Waals surface area contributed by atoms with E-state index in [-0.39, 0.29) is 0 Å². The van der Waals surface area contributed by atoms with Crippen LogP contribution in [0.2, 0.25) is 0 Å². The van der Waals surface area contributed by atoms with E-state index in [4.69, 9.17) is 9.47 Å². The molecule has 0 aliphatic carbocycles. The molecule has 4 nitrogen and oxygen atoms in total. The van der Waals surface area contributed by atoms with Gasteiger partial charge in [-0.15, -0.1) is 0 Å². The van der Waals surface area contributed by atoms with Gasteiger partial charge in [0.2, 0.25) is 0 Å². The third-order valence-corrected chi connectivity index (χ3v) is 3.92. The van der Waals surface area contributed by atoms with Crippen molar-refractivity contribution in [3.63, 3.8) is 0 Å². The summed E-state index contributed by atoms with van der Waals surface area (Å²) in [6.07, 6.45) is 6.52. The number of hydrogen-bond acceptors (Lipinski definition) is 4. The van der Waals surface area contributed by atoms with Crippen molar-refractivity contribution in [3.05, 3.63) is 34.9 Å². The first-order valence-electron chi connectivity index (χ1n) is 9.11. The van der Waals surface area contributed by atoms with E-state index in [1.54, 1.807) is 12.1 Å². The number of hydrogen-bond donors (Lipinski definition) is 0. The van der Waals surface area contributed by atoms with E-state index in [0.717, 1.165) is 44.1 Å². The number of carbonyl (C=O) groups excluding carboxylic acids is 2. The highest BCUT2D eigenvalue weighted by molar-refractivity contribution is 6.04. The van der Waals surface area contributed by atoms with E-state index in [9.17, 15) is 9.59 Å². The summed E-state index contributed by atoms with van der Waals surface area (Å²) in [4.78, 5) is 24.8. The largest absolute Gasteiger partial charge is 0.462 e. The van der Waals surface area contributed by atoms with Gasteiger partial charge in [0.25, 0.3) is 0 Å². The Bertz CT molecular complexity index is 522. The van der Waals surface area contributed by atoms with Gasteiger partial charge in [0, 0.05) is 0 Å². The third-order valence-electron chi connectivity index (χ3n) is 3.92. The second-order valence-corrected chi connectivity index (χ2v) is 5.88. The molecular formula is C20H30O4. The van der Waals surface area contributed by atoms with Gasteiger partial charge in [-0.2, -0.15) is 0 Å². The average Bonchev–Trinajstić information content (AvgIpc) is 2.61. The number of rotatable bonds is 11. The molecule has 0 atom stereocenters. The molecule has 4 heteroatoms. The molecule has 0 saturated heterocycles. The van der Waals surface area contributed by atoms with Crippen LogP contribution in [0, 0.1) is 0 Å². The summed E-state index contributed by atoms with van der Waals surface area (Å²) < 4.78 is 10.7. The zero-order valence-electron chi connectivity index (χ0n) is 15.2. The topological polar surface area (TPSA) is 52.6 Å². The summed E-state index contributed by atoms with van der Waals surface area (Å²) >= 11 is 0. The van der Waals surface area contributed by atoms with Crippen LogP contribution in [0.4, 0.5) is 0 Å². The molecule has 0 amide bonds. The Balaban J connectivity index is 2.84. The molecule has 1 rings (SSSR count). The minimum absolute atomic E-state index is 0.311. The van der Waals surface area contributed by atoms with Crippen LogP contribution in [0.25, 0.3) is 0 Å². The zero-order valence-corrected chi connectivity index (χ0v) is 15.2. The molecule has 0 aliphatic rings. The molecule has 0 aliphatic heterocycles. The standard InChI is InChI=1S/C20H30O4/c1-4-7-9-14-23-19(21)17-13-11-12-16(6-3)18(17)20(22)24-15-10-8-5-2/h11-13H,4-10,14-15H2,1-3H3. The lowest BCUT2D eigenvalue weighted by atomic mass is 9.99. The Morgan fingerprint density at radius 2 is 1.42 bits per heavy atom. The number of benzene rings is 1. The monoisotopic (exact) mass is 334 g/mol. The van der Waals surface area contributed by atoms with Gasteiger partial charge in [-0.3, -0.25) is 0 Å². The first-order valence-corrected chi connectivity index (χ1v) is 9.11. The van der Waals surface area contributed by atoms with Crippen molar-refractivity contribution in [1.82, 2.24) is 0 Å². The fourth-order valence-corrected chi connectivity index (χ4v) is 2.49. The van der Waals surface area contributed by atoms with E-state index < -0.39 is 11.9 Å². The molecule has 0 heterocycles. The molecule has 0 N–H and O–H groups in total. The van der Waals surface area contributed by atoms with E-state index >= 15 is 0 Å². The predicted octanol–water partition coefficient (Wildman–Crippen LogP) is 4.94. The van der Waals surface area contributed by atoms with Crippen LogP contribution in [-0.2, 0) is 15.9 Å². The minimum Gasteiger partial charge on any atom is -0.462 e. The highest BCUT2D eigenvalue weighted by atomic mass is 16.5. The molecule has 1 aromatic rings. The van der Waals surface area contributed by atoms with Crippen molar-refractivity contribution in [2.45, 2.75) is 65.7 Å². The Morgan fingerprint density at radius 3 is 1.96 bits per heavy atom. The van der Waals surface area contributed by atoms with Crippen molar-refractivity contribution in [2.75, 3.05) is 13.2 Å². The molecule has 0 fully saturated rings. The maximum atomic E-state index is 12.5. The molecule has 0 saturated carbocycles. The lowest BCUT2D eigenvalue weighted by Crippen LogP contribution is -2.17. The molecule has 0 aromatic heterocycles. The Labute approximate surface area is 145 Å². The SMILES string of the molecule is CCCCCOC(=O)c1cccc(CC)c1C(=O)OCCCCC. The van der Waals surface area contributed by atoms with Crippen LogP contribution >= 0.6 is 0 Å². The van der Waals surface area contributed by atoms with Crippen molar-refractivity contribution in [2.24, 2.45) is 0 Å². The van der Waals surface area contributed by atoms with Crippen LogP contribution in [0.3, 0.4) is 0 Å². The molecular weight excluding hydrogens is 304 g/mol. The van der Waals surface area contributed by atoms with Gasteiger partial charge in [-0.25, -0.2) is 9.59 Å². The van der Waals surface area contributed by atoms with E-state index in [0.29, 0.717) is 30.8 Å². The number of esters is 2. The summed E-state index contributed by atoms with van der Waals surface area (Å²) in [6, 6.07) is 5.29. The first kappa shape index (κ1) is 20.2. The number of unbranched alkanes of at least 4 members (excludes halogenated alkanes) is 4. The zero-order chi connectivity index (χ0) is 17.8. The molecule has 0 spiro atoms. The van der Waals surface area contributed by atoms with Crippen LogP contribution in [0.5, 0.6) is 0 Å². The van der Waals surface area contributed by atoms with Crippen LogP contribution < -0.4 is 0 Å². The Hall–Kier alpha value is -1.84. The van der Waals surface area contributed by atoms with Crippen molar-refractivity contribution >= 4 is 11.9 Å². The summed E-state index contributed by atoms with van der Waals surface area (Å²) in [5, 5.41) is 0.